The molecule has 2 atom stereocenters. The average molecular weight is 277 g/mol. The van der Waals surface area contributed by atoms with Crippen molar-refractivity contribution in [2.75, 3.05) is 7.11 Å². The van der Waals surface area contributed by atoms with E-state index in [1.165, 1.54) is 7.11 Å². The zero-order valence-electron chi connectivity index (χ0n) is 9.61. The third kappa shape index (κ3) is 3.60. The number of rotatable bonds is 4. The van der Waals surface area contributed by atoms with Crippen LogP contribution in [0.2, 0.25) is 10.0 Å². The number of carbonyl (C=O) groups is 1. The Kier molecular flexibility index (Phi) is 5.25. The Hall–Kier alpha value is -0.770. The van der Waals surface area contributed by atoms with E-state index in [2.05, 4.69) is 4.74 Å². The minimum absolute atomic E-state index is 0.218. The number of aliphatic hydroxyl groups excluding tert-OH is 1. The summed E-state index contributed by atoms with van der Waals surface area (Å²) in [6.07, 6.45) is -0.666. The Labute approximate surface area is 110 Å². The molecule has 2 unspecified atom stereocenters. The molecule has 1 rings (SSSR count). The number of aliphatic hydroxyl groups is 1. The van der Waals surface area contributed by atoms with Crippen LogP contribution in [-0.4, -0.2) is 18.2 Å². The van der Waals surface area contributed by atoms with E-state index in [1.807, 2.05) is 0 Å². The summed E-state index contributed by atoms with van der Waals surface area (Å²) >= 11 is 11.9. The van der Waals surface area contributed by atoms with Crippen molar-refractivity contribution in [1.82, 2.24) is 0 Å². The summed E-state index contributed by atoms with van der Waals surface area (Å²) in [6.45, 7) is 1.68. The highest BCUT2D eigenvalue weighted by atomic mass is 35.5. The van der Waals surface area contributed by atoms with Crippen molar-refractivity contribution >= 4 is 29.2 Å². The summed E-state index contributed by atoms with van der Waals surface area (Å²) in [5.74, 6) is -0.783. The van der Waals surface area contributed by atoms with Crippen LogP contribution in [0.1, 0.15) is 25.0 Å². The van der Waals surface area contributed by atoms with Crippen LogP contribution in [0, 0.1) is 5.92 Å². The van der Waals surface area contributed by atoms with Crippen LogP contribution in [0.15, 0.2) is 18.2 Å². The molecule has 94 valence electrons. The molecule has 0 aromatic heterocycles. The Morgan fingerprint density at radius 3 is 2.41 bits per heavy atom. The lowest BCUT2D eigenvalue weighted by Crippen LogP contribution is -2.16. The first-order valence-corrected chi connectivity index (χ1v) is 5.92. The van der Waals surface area contributed by atoms with Crippen molar-refractivity contribution in [3.63, 3.8) is 0 Å². The molecule has 0 aliphatic heterocycles. The third-order valence-electron chi connectivity index (χ3n) is 2.51. The van der Waals surface area contributed by atoms with Gasteiger partial charge in [-0.1, -0.05) is 36.2 Å². The predicted octanol–water partition coefficient (Wildman–Crippen LogP) is 3.23. The maximum Gasteiger partial charge on any atom is 0.308 e. The van der Waals surface area contributed by atoms with Crippen molar-refractivity contribution in [2.24, 2.45) is 5.92 Å². The Bertz CT molecular complexity index is 386. The molecule has 5 heteroatoms. The van der Waals surface area contributed by atoms with Gasteiger partial charge in [-0.2, -0.15) is 0 Å². The lowest BCUT2D eigenvalue weighted by molar-refractivity contribution is -0.145. The van der Waals surface area contributed by atoms with E-state index in [9.17, 15) is 9.90 Å². The van der Waals surface area contributed by atoms with Crippen LogP contribution >= 0.6 is 23.2 Å². The highest BCUT2D eigenvalue weighted by molar-refractivity contribution is 6.36. The maximum absolute atomic E-state index is 11.2. The van der Waals surface area contributed by atoms with Gasteiger partial charge in [-0.3, -0.25) is 4.79 Å². The Balaban J connectivity index is 2.83. The van der Waals surface area contributed by atoms with Gasteiger partial charge in [-0.25, -0.2) is 0 Å². The van der Waals surface area contributed by atoms with Crippen LogP contribution in [-0.2, 0) is 9.53 Å². The van der Waals surface area contributed by atoms with E-state index in [1.54, 1.807) is 25.1 Å². The molecule has 0 aliphatic carbocycles. The highest BCUT2D eigenvalue weighted by Crippen LogP contribution is 2.33. The maximum atomic E-state index is 11.2. The quantitative estimate of drug-likeness (QED) is 0.859. The van der Waals surface area contributed by atoms with Crippen molar-refractivity contribution in [3.05, 3.63) is 33.8 Å². The minimum atomic E-state index is -0.884. The van der Waals surface area contributed by atoms with E-state index < -0.39 is 12.0 Å². The lowest BCUT2D eigenvalue weighted by atomic mass is 9.98. The first-order valence-electron chi connectivity index (χ1n) is 5.17. The molecule has 1 aromatic rings. The fourth-order valence-electron chi connectivity index (χ4n) is 1.58. The van der Waals surface area contributed by atoms with Crippen molar-refractivity contribution in [1.29, 1.82) is 0 Å². The van der Waals surface area contributed by atoms with Gasteiger partial charge in [-0.15, -0.1) is 0 Å². The minimum Gasteiger partial charge on any atom is -0.469 e. The summed E-state index contributed by atoms with van der Waals surface area (Å²) in [5.41, 5.74) is 0.451. The molecular weight excluding hydrogens is 263 g/mol. The molecular formula is C12H14Cl2O3. The van der Waals surface area contributed by atoms with Crippen LogP contribution in [0.3, 0.4) is 0 Å². The summed E-state index contributed by atoms with van der Waals surface area (Å²) < 4.78 is 4.59. The molecule has 0 bridgehead atoms. The molecule has 1 N–H and O–H groups in total. The first-order chi connectivity index (χ1) is 7.97. The number of esters is 1. The molecule has 0 amide bonds. The van der Waals surface area contributed by atoms with Crippen LogP contribution in [0.5, 0.6) is 0 Å². The van der Waals surface area contributed by atoms with Gasteiger partial charge >= 0.3 is 5.97 Å². The standard InChI is InChI=1S/C12H14Cl2O3/c1-7(12(16)17-2)6-10(15)11-8(13)4-3-5-9(11)14/h3-5,7,10,15H,6H2,1-2H3. The van der Waals surface area contributed by atoms with E-state index in [0.29, 0.717) is 15.6 Å². The van der Waals surface area contributed by atoms with Gasteiger partial charge in [0.15, 0.2) is 0 Å². The van der Waals surface area contributed by atoms with E-state index in [-0.39, 0.29) is 12.4 Å². The molecule has 0 saturated carbocycles. The average Bonchev–Trinajstić information content (AvgIpc) is 2.27. The summed E-state index contributed by atoms with van der Waals surface area (Å²) in [7, 11) is 1.31. The molecule has 0 heterocycles. The van der Waals surface area contributed by atoms with Gasteiger partial charge in [0.2, 0.25) is 0 Å². The van der Waals surface area contributed by atoms with Gasteiger partial charge < -0.3 is 9.84 Å². The molecule has 0 radical (unpaired) electrons. The molecule has 0 aliphatic rings. The molecule has 0 saturated heterocycles. The van der Waals surface area contributed by atoms with Crippen LogP contribution in [0.25, 0.3) is 0 Å². The Morgan fingerprint density at radius 1 is 1.41 bits per heavy atom. The molecule has 1 aromatic carbocycles. The number of halogens is 2. The largest absolute Gasteiger partial charge is 0.469 e. The predicted molar refractivity (Wildman–Crippen MR) is 67.2 cm³/mol. The van der Waals surface area contributed by atoms with E-state index >= 15 is 0 Å². The second kappa shape index (κ2) is 6.24. The van der Waals surface area contributed by atoms with Gasteiger partial charge in [0, 0.05) is 15.6 Å². The number of carbonyl (C=O) groups excluding carboxylic acids is 1. The number of hydrogen-bond acceptors (Lipinski definition) is 3. The summed E-state index contributed by atoms with van der Waals surface area (Å²) in [5, 5.41) is 10.8. The van der Waals surface area contributed by atoms with Crippen LogP contribution in [0.4, 0.5) is 0 Å². The number of hydrogen-bond donors (Lipinski definition) is 1. The second-order valence-electron chi connectivity index (χ2n) is 3.81. The van der Waals surface area contributed by atoms with Gasteiger partial charge in [-0.05, 0) is 18.6 Å². The Morgan fingerprint density at radius 2 is 1.94 bits per heavy atom. The fourth-order valence-corrected chi connectivity index (χ4v) is 2.23. The monoisotopic (exact) mass is 276 g/mol. The van der Waals surface area contributed by atoms with E-state index in [4.69, 9.17) is 23.2 Å². The highest BCUT2D eigenvalue weighted by Gasteiger charge is 2.22. The van der Waals surface area contributed by atoms with Crippen molar-refractivity contribution in [2.45, 2.75) is 19.4 Å². The SMILES string of the molecule is COC(=O)C(C)CC(O)c1c(Cl)cccc1Cl. The normalized spacial score (nSPS) is 14.2. The van der Waals surface area contributed by atoms with Gasteiger partial charge in [0.1, 0.15) is 0 Å². The first kappa shape index (κ1) is 14.3. The molecule has 0 fully saturated rings. The third-order valence-corrected chi connectivity index (χ3v) is 3.17. The molecule has 17 heavy (non-hydrogen) atoms. The molecule has 0 spiro atoms. The second-order valence-corrected chi connectivity index (χ2v) is 4.63. The number of methoxy groups -OCH3 is 1. The number of benzene rings is 1. The van der Waals surface area contributed by atoms with E-state index in [0.717, 1.165) is 0 Å². The van der Waals surface area contributed by atoms with Crippen molar-refractivity contribution in [3.8, 4) is 0 Å². The zero-order chi connectivity index (χ0) is 13.0. The fraction of sp³-hybridized carbons (Fsp3) is 0.417. The van der Waals surface area contributed by atoms with Gasteiger partial charge in [0.05, 0.1) is 19.1 Å². The lowest BCUT2D eigenvalue weighted by Gasteiger charge is -2.17. The smallest absolute Gasteiger partial charge is 0.308 e. The van der Waals surface area contributed by atoms with Crippen LogP contribution < -0.4 is 0 Å². The number of ether oxygens (including phenoxy) is 1. The topological polar surface area (TPSA) is 46.5 Å². The summed E-state index contributed by atoms with van der Waals surface area (Å²) in [4.78, 5) is 11.2. The van der Waals surface area contributed by atoms with Gasteiger partial charge in [0.25, 0.3) is 0 Å². The zero-order valence-corrected chi connectivity index (χ0v) is 11.1. The van der Waals surface area contributed by atoms with Crippen molar-refractivity contribution < 1.29 is 14.6 Å². The summed E-state index contributed by atoms with van der Waals surface area (Å²) in [6, 6.07) is 4.99. The molecule has 3 nitrogen and oxygen atoms in total.